The second-order valence-electron chi connectivity index (χ2n) is 8.09. The van der Waals surface area contributed by atoms with Gasteiger partial charge in [0.05, 0.1) is 16.5 Å². The molecule has 3 N–H and O–H groups in total. The predicted octanol–water partition coefficient (Wildman–Crippen LogP) is 2.77. The largest absolute Gasteiger partial charge is 0.416 e. The van der Waals surface area contributed by atoms with E-state index in [1.165, 1.54) is 0 Å². The van der Waals surface area contributed by atoms with Gasteiger partial charge in [-0.2, -0.15) is 13.2 Å². The third-order valence-corrected chi connectivity index (χ3v) is 6.36. The number of alkyl halides is 3. The van der Waals surface area contributed by atoms with Crippen LogP contribution in [0.5, 0.6) is 0 Å². The van der Waals surface area contributed by atoms with Crippen LogP contribution in [0.15, 0.2) is 29.2 Å². The first-order valence-corrected chi connectivity index (χ1v) is 10.4. The van der Waals surface area contributed by atoms with Crippen LogP contribution in [-0.4, -0.2) is 44.4 Å². The Morgan fingerprint density at radius 2 is 1.62 bits per heavy atom. The summed E-state index contributed by atoms with van der Waals surface area (Å²) in [6, 6.07) is 2.31. The van der Waals surface area contributed by atoms with E-state index in [2.05, 4.69) is 4.72 Å². The minimum atomic E-state index is -4.52. The first-order valence-electron chi connectivity index (χ1n) is 8.96. The van der Waals surface area contributed by atoms with Crippen molar-refractivity contribution >= 4 is 28.3 Å². The number of amides is 1. The van der Waals surface area contributed by atoms with Crippen molar-refractivity contribution in [1.29, 1.82) is 0 Å². The highest BCUT2D eigenvalue weighted by molar-refractivity contribution is 7.89. The number of benzene rings is 1. The van der Waals surface area contributed by atoms with Gasteiger partial charge in [0, 0.05) is 19.1 Å². The fraction of sp³-hybridized carbons (Fsp3) is 0.611. The number of carbonyl (C=O) groups excluding carboxylic acids is 1. The zero-order valence-corrected chi connectivity index (χ0v) is 18.1. The number of sulfonamides is 1. The molecule has 1 heterocycles. The molecule has 0 aromatic heterocycles. The van der Waals surface area contributed by atoms with E-state index in [1.807, 2.05) is 20.8 Å². The smallest absolute Gasteiger partial charge is 0.341 e. The summed E-state index contributed by atoms with van der Waals surface area (Å²) in [6.45, 7) is 6.35. The number of carbonyl (C=O) groups is 1. The van der Waals surface area contributed by atoms with E-state index in [0.29, 0.717) is 25.9 Å². The molecule has 0 unspecified atom stereocenters. The maximum Gasteiger partial charge on any atom is 0.416 e. The molecule has 1 aromatic rings. The third kappa shape index (κ3) is 6.56. The van der Waals surface area contributed by atoms with Gasteiger partial charge in [0.25, 0.3) is 0 Å². The van der Waals surface area contributed by atoms with Crippen molar-refractivity contribution in [3.05, 3.63) is 29.8 Å². The predicted molar refractivity (Wildman–Crippen MR) is 106 cm³/mol. The molecule has 1 aliphatic heterocycles. The van der Waals surface area contributed by atoms with Crippen LogP contribution in [0.2, 0.25) is 0 Å². The Kier molecular flexibility index (Phi) is 8.14. The van der Waals surface area contributed by atoms with Crippen molar-refractivity contribution < 1.29 is 26.4 Å². The van der Waals surface area contributed by atoms with Crippen LogP contribution < -0.4 is 10.5 Å². The van der Waals surface area contributed by atoms with E-state index in [-0.39, 0.29) is 28.6 Å². The topological polar surface area (TPSA) is 92.5 Å². The number of piperidine rings is 1. The van der Waals surface area contributed by atoms with Crippen molar-refractivity contribution in [2.45, 2.75) is 56.8 Å². The molecule has 1 atom stereocenters. The molecule has 29 heavy (non-hydrogen) atoms. The van der Waals surface area contributed by atoms with Gasteiger partial charge in [0.1, 0.15) is 0 Å². The van der Waals surface area contributed by atoms with E-state index in [0.717, 1.165) is 24.3 Å². The summed E-state index contributed by atoms with van der Waals surface area (Å²) >= 11 is 0. The Morgan fingerprint density at radius 3 is 2.03 bits per heavy atom. The summed E-state index contributed by atoms with van der Waals surface area (Å²) in [5.74, 6) is -0.170. The summed E-state index contributed by atoms with van der Waals surface area (Å²) in [4.78, 5) is 13.8. The van der Waals surface area contributed by atoms with Crippen molar-refractivity contribution in [3.8, 4) is 0 Å². The molecule has 11 heteroatoms. The van der Waals surface area contributed by atoms with Crippen LogP contribution in [-0.2, 0) is 21.0 Å². The molecule has 1 aliphatic rings. The fourth-order valence-electron chi connectivity index (χ4n) is 2.90. The molecule has 1 saturated heterocycles. The van der Waals surface area contributed by atoms with Gasteiger partial charge in [-0.1, -0.05) is 20.8 Å². The lowest BCUT2D eigenvalue weighted by molar-refractivity contribution is -0.138. The van der Waals surface area contributed by atoms with Crippen LogP contribution in [0.4, 0.5) is 13.2 Å². The highest BCUT2D eigenvalue weighted by Gasteiger charge is 2.34. The summed E-state index contributed by atoms with van der Waals surface area (Å²) in [6.07, 6.45) is -3.71. The molecule has 2 rings (SSSR count). The number of nitrogens with zero attached hydrogens (tertiary/aromatic N) is 1. The second kappa shape index (κ2) is 9.20. The lowest BCUT2D eigenvalue weighted by Gasteiger charge is -2.36. The fourth-order valence-corrected chi connectivity index (χ4v) is 4.20. The highest BCUT2D eigenvalue weighted by atomic mass is 35.5. The van der Waals surface area contributed by atoms with E-state index in [9.17, 15) is 26.4 Å². The molecule has 0 radical (unpaired) electrons. The average molecular weight is 458 g/mol. The summed E-state index contributed by atoms with van der Waals surface area (Å²) in [5.41, 5.74) is 4.71. The number of rotatable bonds is 4. The lowest BCUT2D eigenvalue weighted by Crippen LogP contribution is -2.54. The normalized spacial score (nSPS) is 17.6. The number of nitrogens with two attached hydrogens (primary N) is 1. The van der Waals surface area contributed by atoms with Crippen molar-refractivity contribution in [1.82, 2.24) is 9.62 Å². The molecule has 1 aromatic carbocycles. The number of hydrogen-bond acceptors (Lipinski definition) is 4. The summed E-state index contributed by atoms with van der Waals surface area (Å²) in [5, 5.41) is 0. The first kappa shape index (κ1) is 25.7. The summed E-state index contributed by atoms with van der Waals surface area (Å²) < 4.78 is 65.2. The molecule has 1 amide bonds. The molecule has 0 aliphatic carbocycles. The van der Waals surface area contributed by atoms with Gasteiger partial charge in [-0.3, -0.25) is 4.79 Å². The van der Waals surface area contributed by atoms with E-state index in [1.54, 1.807) is 4.90 Å². The van der Waals surface area contributed by atoms with Crippen LogP contribution in [0.25, 0.3) is 0 Å². The first-order chi connectivity index (χ1) is 12.7. The molecule has 1 fully saturated rings. The number of likely N-dealkylation sites (tertiary alicyclic amines) is 1. The second-order valence-corrected chi connectivity index (χ2v) is 9.80. The highest BCUT2D eigenvalue weighted by Crippen LogP contribution is 2.30. The van der Waals surface area contributed by atoms with Gasteiger partial charge in [0.2, 0.25) is 15.9 Å². The standard InChI is InChI=1S/C18H26F3N3O3S.ClH/c1-17(2,3)15(22)16(25)24-10-8-13(9-11-24)23-28(26,27)14-6-4-12(5-7-14)18(19,20)21;/h4-7,13,15,23H,8-11,22H2,1-3H3;1H/t15-;/m1./s1. The van der Waals surface area contributed by atoms with Gasteiger partial charge in [-0.25, -0.2) is 13.1 Å². The van der Waals surface area contributed by atoms with E-state index >= 15 is 0 Å². The minimum absolute atomic E-state index is 0. The van der Waals surface area contributed by atoms with Crippen LogP contribution in [0, 0.1) is 5.41 Å². The monoisotopic (exact) mass is 457 g/mol. The zero-order valence-electron chi connectivity index (χ0n) is 16.5. The average Bonchev–Trinajstić information content (AvgIpc) is 2.59. The molecule has 0 bridgehead atoms. The Bertz CT molecular complexity index is 800. The zero-order chi connectivity index (χ0) is 21.3. The molecule has 166 valence electrons. The maximum absolute atomic E-state index is 12.6. The number of nitrogens with one attached hydrogen (secondary N) is 1. The van der Waals surface area contributed by atoms with Crippen molar-refractivity contribution in [3.63, 3.8) is 0 Å². The van der Waals surface area contributed by atoms with Crippen LogP contribution >= 0.6 is 12.4 Å². The SMILES string of the molecule is CC(C)(C)[C@H](N)C(=O)N1CCC(NS(=O)(=O)c2ccc(C(F)(F)F)cc2)CC1.Cl. The van der Waals surface area contributed by atoms with Gasteiger partial charge >= 0.3 is 6.18 Å². The van der Waals surface area contributed by atoms with Gasteiger partial charge in [0.15, 0.2) is 0 Å². The Balaban J connectivity index is 0.00000420. The van der Waals surface area contributed by atoms with E-state index in [4.69, 9.17) is 5.73 Å². The molecular formula is C18H27ClF3N3O3S. The Hall–Kier alpha value is -1.36. The van der Waals surface area contributed by atoms with Crippen LogP contribution in [0.3, 0.4) is 0 Å². The van der Waals surface area contributed by atoms with Crippen LogP contribution in [0.1, 0.15) is 39.2 Å². The number of hydrogen-bond donors (Lipinski definition) is 2. The van der Waals surface area contributed by atoms with E-state index < -0.39 is 33.8 Å². The number of halogens is 4. The molecule has 0 saturated carbocycles. The van der Waals surface area contributed by atoms with Gasteiger partial charge in [-0.15, -0.1) is 12.4 Å². The molecule has 6 nitrogen and oxygen atoms in total. The Morgan fingerprint density at radius 1 is 1.14 bits per heavy atom. The summed E-state index contributed by atoms with van der Waals surface area (Å²) in [7, 11) is -3.94. The van der Waals surface area contributed by atoms with Gasteiger partial charge in [-0.05, 0) is 42.5 Å². The lowest BCUT2D eigenvalue weighted by atomic mass is 9.86. The molecular weight excluding hydrogens is 431 g/mol. The van der Waals surface area contributed by atoms with Gasteiger partial charge < -0.3 is 10.6 Å². The maximum atomic E-state index is 12.6. The van der Waals surface area contributed by atoms with Crippen molar-refractivity contribution in [2.75, 3.05) is 13.1 Å². The quantitative estimate of drug-likeness (QED) is 0.727. The van der Waals surface area contributed by atoms with Crippen molar-refractivity contribution in [2.24, 2.45) is 11.1 Å². The third-order valence-electron chi connectivity index (χ3n) is 4.82. The Labute approximate surface area is 175 Å². The minimum Gasteiger partial charge on any atom is -0.341 e. The molecule has 0 spiro atoms.